The number of nitrogens with zero attached hydrogens (tertiary/aromatic N) is 4. The first-order chi connectivity index (χ1) is 18.1. The quantitative estimate of drug-likeness (QED) is 0.302. The maximum atomic E-state index is 14.0. The van der Waals surface area contributed by atoms with E-state index in [1.807, 2.05) is 18.2 Å². The number of fused-ring (bicyclic) bond motifs is 1. The largest absolute Gasteiger partial charge is 0.416 e. The van der Waals surface area contributed by atoms with Gasteiger partial charge in [0.2, 0.25) is 0 Å². The summed E-state index contributed by atoms with van der Waals surface area (Å²) in [6.45, 7) is 5.78. The van der Waals surface area contributed by atoms with Crippen molar-refractivity contribution in [1.29, 1.82) is 0 Å². The Labute approximate surface area is 219 Å². The molecule has 1 aliphatic heterocycles. The second kappa shape index (κ2) is 10.5. The van der Waals surface area contributed by atoms with Gasteiger partial charge in [0.15, 0.2) is 0 Å². The monoisotopic (exact) mass is 539 g/mol. The maximum Gasteiger partial charge on any atom is 0.416 e. The Morgan fingerprint density at radius 1 is 1.03 bits per heavy atom. The minimum absolute atomic E-state index is 0.455. The van der Waals surface area contributed by atoms with E-state index in [2.05, 4.69) is 37.3 Å². The van der Waals surface area contributed by atoms with E-state index in [-0.39, 0.29) is 0 Å². The van der Waals surface area contributed by atoms with Gasteiger partial charge < -0.3 is 9.88 Å². The molecule has 3 heterocycles. The van der Waals surface area contributed by atoms with Gasteiger partial charge in [-0.1, -0.05) is 42.5 Å². The third kappa shape index (κ3) is 5.74. The molecule has 4 aromatic rings. The van der Waals surface area contributed by atoms with Gasteiger partial charge in [0.05, 0.1) is 17.3 Å². The summed E-state index contributed by atoms with van der Waals surface area (Å²) in [5.41, 5.74) is 2.15. The predicted octanol–water partition coefficient (Wildman–Crippen LogP) is 6.03. The van der Waals surface area contributed by atoms with E-state index >= 15 is 0 Å². The van der Waals surface area contributed by atoms with E-state index in [9.17, 15) is 17.7 Å². The number of nitrogens with one attached hydrogen (secondary N) is 1. The van der Waals surface area contributed by atoms with Crippen molar-refractivity contribution >= 4 is 29.3 Å². The lowest BCUT2D eigenvalue weighted by atomic mass is 10.0. The lowest BCUT2D eigenvalue weighted by molar-refractivity contribution is -0.137. The van der Waals surface area contributed by atoms with Crippen molar-refractivity contribution in [3.63, 3.8) is 0 Å². The Bertz CT molecular complexity index is 1480. The Balaban J connectivity index is 1.38. The normalized spacial score (nSPS) is 16.9. The zero-order chi connectivity index (χ0) is 26.9. The summed E-state index contributed by atoms with van der Waals surface area (Å²) >= 11 is 0. The van der Waals surface area contributed by atoms with Gasteiger partial charge in [-0.15, -0.1) is 0 Å². The van der Waals surface area contributed by atoms with Gasteiger partial charge in [-0.2, -0.15) is 13.2 Å². The molecule has 0 amide bonds. The number of hydrogen-bond acceptors (Lipinski definition) is 6. The second-order valence-corrected chi connectivity index (χ2v) is 12.9. The molecule has 1 N–H and O–H groups in total. The molecule has 5 rings (SSSR count). The van der Waals surface area contributed by atoms with Crippen LogP contribution in [0.1, 0.15) is 35.5 Å². The third-order valence-electron chi connectivity index (χ3n) is 6.97. The van der Waals surface area contributed by atoms with Crippen LogP contribution in [-0.2, 0) is 17.3 Å². The molecule has 2 aromatic carbocycles. The zero-order valence-electron chi connectivity index (χ0n) is 21.2. The predicted molar refractivity (Wildman–Crippen MR) is 144 cm³/mol. The number of hydrogen-bond donors (Lipinski definition) is 1. The lowest BCUT2D eigenvalue weighted by Crippen LogP contribution is -2.37. The van der Waals surface area contributed by atoms with Gasteiger partial charge in [-0.25, -0.2) is 9.97 Å². The number of benzene rings is 2. The van der Waals surface area contributed by atoms with Crippen molar-refractivity contribution in [2.24, 2.45) is 0 Å². The van der Waals surface area contributed by atoms with E-state index in [1.54, 1.807) is 32.2 Å². The molecule has 2 aromatic heterocycles. The van der Waals surface area contributed by atoms with Crippen LogP contribution < -0.4 is 10.8 Å². The molecule has 0 aliphatic carbocycles. The highest BCUT2D eigenvalue weighted by Crippen LogP contribution is 2.46. The van der Waals surface area contributed by atoms with Gasteiger partial charge in [-0.05, 0) is 43.2 Å². The van der Waals surface area contributed by atoms with Crippen LogP contribution in [0.4, 0.5) is 19.0 Å². The van der Waals surface area contributed by atoms with Crippen LogP contribution >= 0.6 is 7.14 Å². The van der Waals surface area contributed by atoms with Crippen molar-refractivity contribution < 1.29 is 17.7 Å². The molecular formula is C28H29F3N5OP. The molecule has 0 radical (unpaired) electrons. The smallest absolute Gasteiger partial charge is 0.363 e. The number of pyridine rings is 1. The topological polar surface area (TPSA) is 71.0 Å². The Morgan fingerprint density at radius 3 is 2.47 bits per heavy atom. The first-order valence-corrected chi connectivity index (χ1v) is 14.6. The lowest BCUT2D eigenvalue weighted by Gasteiger charge is -2.32. The zero-order valence-corrected chi connectivity index (χ0v) is 22.1. The van der Waals surface area contributed by atoms with Crippen LogP contribution in [-0.4, -0.2) is 45.3 Å². The molecule has 0 saturated carbocycles. The van der Waals surface area contributed by atoms with E-state index in [1.165, 1.54) is 11.6 Å². The molecule has 1 saturated heterocycles. The highest BCUT2D eigenvalue weighted by atomic mass is 31.2. The number of alkyl halides is 3. The maximum absolute atomic E-state index is 14.0. The van der Waals surface area contributed by atoms with Gasteiger partial charge in [0.25, 0.3) is 0 Å². The fourth-order valence-corrected chi connectivity index (χ4v) is 7.33. The Morgan fingerprint density at radius 2 is 1.76 bits per heavy atom. The van der Waals surface area contributed by atoms with E-state index in [0.29, 0.717) is 59.0 Å². The number of halogens is 3. The summed E-state index contributed by atoms with van der Waals surface area (Å²) in [6.07, 6.45) is -1.73. The van der Waals surface area contributed by atoms with E-state index in [0.717, 1.165) is 18.7 Å². The van der Waals surface area contributed by atoms with Crippen molar-refractivity contribution in [3.05, 3.63) is 89.4 Å². The van der Waals surface area contributed by atoms with Crippen LogP contribution in [0.3, 0.4) is 0 Å². The van der Waals surface area contributed by atoms with Gasteiger partial charge in [0, 0.05) is 43.4 Å². The molecule has 1 fully saturated rings. The molecule has 0 spiro atoms. The number of aryl methyl sites for hydroxylation is 1. The van der Waals surface area contributed by atoms with Crippen molar-refractivity contribution in [2.75, 3.05) is 30.7 Å². The first-order valence-electron chi connectivity index (χ1n) is 12.5. The standard InChI is InChI=1S/C28H29F3N5OP/c1-19(22-9-6-10-23(15-22)28(29,30)31)33-27-24-16-26(32-17-25(24)34-20(2)35-27)38(37)13-11-36(12-14-38)18-21-7-4-3-5-8-21/h3-10,15-17,19H,11-14,18H2,1-2H3,(H,33,34,35)/t19-/m1/s1. The summed E-state index contributed by atoms with van der Waals surface area (Å²) in [5, 5.41) is 3.91. The molecule has 0 bridgehead atoms. The minimum atomic E-state index is -4.42. The van der Waals surface area contributed by atoms with E-state index in [4.69, 9.17) is 0 Å². The second-order valence-electron chi connectivity index (χ2n) is 9.77. The Kier molecular flexibility index (Phi) is 7.25. The molecule has 1 aliphatic rings. The first kappa shape index (κ1) is 26.3. The number of rotatable bonds is 6. The van der Waals surface area contributed by atoms with Crippen molar-refractivity contribution in [1.82, 2.24) is 19.9 Å². The van der Waals surface area contributed by atoms with Crippen LogP contribution in [0.15, 0.2) is 66.9 Å². The van der Waals surface area contributed by atoms with Crippen LogP contribution in [0.5, 0.6) is 0 Å². The summed E-state index contributed by atoms with van der Waals surface area (Å²) < 4.78 is 53.7. The average molecular weight is 540 g/mol. The third-order valence-corrected chi connectivity index (χ3v) is 9.89. The summed E-state index contributed by atoms with van der Waals surface area (Å²) in [6, 6.07) is 16.8. The minimum Gasteiger partial charge on any atom is -0.363 e. The van der Waals surface area contributed by atoms with Crippen molar-refractivity contribution in [3.8, 4) is 0 Å². The molecular weight excluding hydrogens is 510 g/mol. The Hall–Kier alpha value is -3.29. The van der Waals surface area contributed by atoms with Crippen LogP contribution in [0, 0.1) is 6.92 Å². The fourth-order valence-electron chi connectivity index (χ4n) is 4.80. The van der Waals surface area contributed by atoms with Crippen LogP contribution in [0.25, 0.3) is 10.9 Å². The fraction of sp³-hybridized carbons (Fsp3) is 0.321. The highest BCUT2D eigenvalue weighted by Gasteiger charge is 2.33. The SMILES string of the molecule is Cc1nc(N[C@H](C)c2cccc(C(F)(F)F)c2)c2cc(P3(=O)CCN(Cc4ccccc4)CC3)ncc2n1. The summed E-state index contributed by atoms with van der Waals surface area (Å²) in [4.78, 5) is 15.9. The molecule has 0 unspecified atom stereocenters. The molecule has 38 heavy (non-hydrogen) atoms. The van der Waals surface area contributed by atoms with E-state index < -0.39 is 24.9 Å². The average Bonchev–Trinajstić information content (AvgIpc) is 2.90. The molecule has 10 heteroatoms. The summed E-state index contributed by atoms with van der Waals surface area (Å²) in [5.74, 6) is 0.988. The van der Waals surface area contributed by atoms with Crippen LogP contribution in [0.2, 0.25) is 0 Å². The van der Waals surface area contributed by atoms with Gasteiger partial charge in [0.1, 0.15) is 24.2 Å². The molecule has 6 nitrogen and oxygen atoms in total. The van der Waals surface area contributed by atoms with Gasteiger partial charge >= 0.3 is 6.18 Å². The number of aromatic nitrogens is 3. The van der Waals surface area contributed by atoms with Gasteiger partial charge in [-0.3, -0.25) is 9.88 Å². The highest BCUT2D eigenvalue weighted by molar-refractivity contribution is 7.71. The molecule has 198 valence electrons. The van der Waals surface area contributed by atoms with Crippen molar-refractivity contribution in [2.45, 2.75) is 32.6 Å². The number of anilines is 1. The molecule has 1 atom stereocenters. The summed E-state index contributed by atoms with van der Waals surface area (Å²) in [7, 11) is -2.72.